The van der Waals surface area contributed by atoms with E-state index < -0.39 is 0 Å². The van der Waals surface area contributed by atoms with E-state index in [9.17, 15) is 4.79 Å². The first-order chi connectivity index (χ1) is 9.83. The summed E-state index contributed by atoms with van der Waals surface area (Å²) in [5, 5.41) is 9.47. The van der Waals surface area contributed by atoms with Crippen molar-refractivity contribution >= 4 is 28.6 Å². The van der Waals surface area contributed by atoms with Crippen molar-refractivity contribution in [3.8, 4) is 11.1 Å². The number of rotatable bonds is 4. The van der Waals surface area contributed by atoms with Gasteiger partial charge in [-0.2, -0.15) is 11.3 Å². The van der Waals surface area contributed by atoms with E-state index >= 15 is 0 Å². The molecule has 3 rings (SSSR count). The first kappa shape index (κ1) is 13.6. The second-order valence-electron chi connectivity index (χ2n) is 5.01. The molecule has 2 aromatic rings. The first-order valence-electron chi connectivity index (χ1n) is 6.85. The van der Waals surface area contributed by atoms with E-state index in [1.807, 2.05) is 0 Å². The van der Waals surface area contributed by atoms with Gasteiger partial charge in [-0.05, 0) is 58.7 Å². The Balaban J connectivity index is 1.56. The Morgan fingerprint density at radius 1 is 1.30 bits per heavy atom. The summed E-state index contributed by atoms with van der Waals surface area (Å²) in [4.78, 5) is 13.3. The monoisotopic (exact) mass is 303 g/mol. The molecule has 20 heavy (non-hydrogen) atoms. The van der Waals surface area contributed by atoms with Crippen LogP contribution >= 0.6 is 22.7 Å². The molecular formula is C16H17NOS2. The van der Waals surface area contributed by atoms with Crippen LogP contribution in [-0.4, -0.2) is 5.91 Å². The van der Waals surface area contributed by atoms with Crippen LogP contribution in [0.15, 0.2) is 40.4 Å². The molecule has 2 heterocycles. The van der Waals surface area contributed by atoms with Gasteiger partial charge in [0, 0.05) is 10.8 Å². The van der Waals surface area contributed by atoms with Crippen molar-refractivity contribution < 1.29 is 4.79 Å². The molecule has 0 radical (unpaired) electrons. The number of thiophene rings is 2. The lowest BCUT2D eigenvalue weighted by Crippen LogP contribution is -2.30. The molecule has 0 saturated carbocycles. The van der Waals surface area contributed by atoms with E-state index in [0.29, 0.717) is 6.54 Å². The molecule has 1 aliphatic rings. The molecule has 1 amide bonds. The lowest BCUT2D eigenvalue weighted by molar-refractivity contribution is -0.125. The fourth-order valence-corrected chi connectivity index (χ4v) is 3.90. The molecule has 0 aliphatic heterocycles. The van der Waals surface area contributed by atoms with Crippen molar-refractivity contribution in [2.75, 3.05) is 0 Å². The number of carbonyl (C=O) groups excluding carboxylic acids is 1. The first-order valence-corrected chi connectivity index (χ1v) is 8.68. The third-order valence-electron chi connectivity index (χ3n) is 3.58. The summed E-state index contributed by atoms with van der Waals surface area (Å²) in [5.74, 6) is 0.358. The normalized spacial score (nSPS) is 18.1. The third kappa shape index (κ3) is 3.19. The third-order valence-corrected chi connectivity index (χ3v) is 5.20. The van der Waals surface area contributed by atoms with Crippen molar-refractivity contribution in [2.24, 2.45) is 5.92 Å². The van der Waals surface area contributed by atoms with Gasteiger partial charge in [-0.15, -0.1) is 11.3 Å². The SMILES string of the molecule is O=C(NCc1cc(-c2ccsc2)cs1)C1CC=CCC1. The van der Waals surface area contributed by atoms with Crippen LogP contribution in [0, 0.1) is 5.92 Å². The Morgan fingerprint density at radius 3 is 3.00 bits per heavy atom. The second-order valence-corrected chi connectivity index (χ2v) is 6.79. The minimum atomic E-state index is 0.163. The van der Waals surface area contributed by atoms with Gasteiger partial charge in [-0.25, -0.2) is 0 Å². The average Bonchev–Trinajstić information content (AvgIpc) is 3.16. The Labute approximate surface area is 127 Å². The van der Waals surface area contributed by atoms with Gasteiger partial charge < -0.3 is 5.32 Å². The molecule has 1 N–H and O–H groups in total. The summed E-state index contributed by atoms with van der Waals surface area (Å²) in [6, 6.07) is 4.30. The van der Waals surface area contributed by atoms with Gasteiger partial charge in [0.1, 0.15) is 0 Å². The molecule has 1 unspecified atom stereocenters. The maximum atomic E-state index is 12.1. The smallest absolute Gasteiger partial charge is 0.223 e. The van der Waals surface area contributed by atoms with Crippen molar-refractivity contribution in [1.29, 1.82) is 0 Å². The Bertz CT molecular complexity index is 598. The summed E-state index contributed by atoms with van der Waals surface area (Å²) in [5.41, 5.74) is 2.52. The van der Waals surface area contributed by atoms with Gasteiger partial charge in [-0.3, -0.25) is 4.79 Å². The highest BCUT2D eigenvalue weighted by atomic mass is 32.1. The summed E-state index contributed by atoms with van der Waals surface area (Å²) < 4.78 is 0. The number of carbonyl (C=O) groups is 1. The number of hydrogen-bond donors (Lipinski definition) is 1. The zero-order chi connectivity index (χ0) is 13.8. The van der Waals surface area contributed by atoms with E-state index in [1.54, 1.807) is 22.7 Å². The van der Waals surface area contributed by atoms with E-state index in [-0.39, 0.29) is 11.8 Å². The zero-order valence-corrected chi connectivity index (χ0v) is 12.8. The molecule has 0 bridgehead atoms. The fourth-order valence-electron chi connectivity index (χ4n) is 2.40. The van der Waals surface area contributed by atoms with E-state index in [1.165, 1.54) is 16.0 Å². The zero-order valence-electron chi connectivity index (χ0n) is 11.2. The minimum absolute atomic E-state index is 0.163. The van der Waals surface area contributed by atoms with Gasteiger partial charge in [0.25, 0.3) is 0 Å². The number of amides is 1. The number of allylic oxidation sites excluding steroid dienone is 2. The van der Waals surface area contributed by atoms with Crippen LogP contribution in [0.3, 0.4) is 0 Å². The predicted octanol–water partition coefficient (Wildman–Crippen LogP) is 4.45. The van der Waals surface area contributed by atoms with Gasteiger partial charge in [0.15, 0.2) is 0 Å². The molecule has 1 atom stereocenters. The largest absolute Gasteiger partial charge is 0.351 e. The summed E-state index contributed by atoms with van der Waals surface area (Å²) in [6.07, 6.45) is 7.17. The van der Waals surface area contributed by atoms with Gasteiger partial charge in [-0.1, -0.05) is 12.2 Å². The van der Waals surface area contributed by atoms with Crippen molar-refractivity contribution in [2.45, 2.75) is 25.8 Å². The molecule has 0 saturated heterocycles. The van der Waals surface area contributed by atoms with Crippen molar-refractivity contribution in [3.05, 3.63) is 45.3 Å². The lowest BCUT2D eigenvalue weighted by Gasteiger charge is -2.16. The summed E-state index contributed by atoms with van der Waals surface area (Å²) >= 11 is 3.42. The molecule has 0 aromatic carbocycles. The number of hydrogen-bond acceptors (Lipinski definition) is 3. The Hall–Kier alpha value is -1.39. The van der Waals surface area contributed by atoms with Gasteiger partial charge in [0.05, 0.1) is 6.54 Å². The molecular weight excluding hydrogens is 286 g/mol. The predicted molar refractivity (Wildman–Crippen MR) is 86.0 cm³/mol. The van der Waals surface area contributed by atoms with Crippen molar-refractivity contribution in [3.63, 3.8) is 0 Å². The molecule has 2 nitrogen and oxygen atoms in total. The van der Waals surface area contributed by atoms with Crippen LogP contribution in [0.2, 0.25) is 0 Å². The summed E-state index contributed by atoms with van der Waals surface area (Å²) in [7, 11) is 0. The average molecular weight is 303 g/mol. The molecule has 2 aromatic heterocycles. The highest BCUT2D eigenvalue weighted by Crippen LogP contribution is 2.27. The Kier molecular flexibility index (Phi) is 4.33. The van der Waals surface area contributed by atoms with E-state index in [0.717, 1.165) is 19.3 Å². The minimum Gasteiger partial charge on any atom is -0.351 e. The quantitative estimate of drug-likeness (QED) is 0.831. The molecule has 104 valence electrons. The molecule has 1 aliphatic carbocycles. The highest BCUT2D eigenvalue weighted by molar-refractivity contribution is 7.10. The maximum absolute atomic E-state index is 12.1. The van der Waals surface area contributed by atoms with Crippen LogP contribution < -0.4 is 5.32 Å². The van der Waals surface area contributed by atoms with Crippen LogP contribution in [0.1, 0.15) is 24.1 Å². The van der Waals surface area contributed by atoms with Crippen LogP contribution in [0.5, 0.6) is 0 Å². The van der Waals surface area contributed by atoms with E-state index in [2.05, 4.69) is 45.7 Å². The molecule has 0 fully saturated rings. The van der Waals surface area contributed by atoms with Gasteiger partial charge >= 0.3 is 0 Å². The highest BCUT2D eigenvalue weighted by Gasteiger charge is 2.18. The van der Waals surface area contributed by atoms with Crippen LogP contribution in [0.4, 0.5) is 0 Å². The van der Waals surface area contributed by atoms with Crippen LogP contribution in [0.25, 0.3) is 11.1 Å². The topological polar surface area (TPSA) is 29.1 Å². The Morgan fingerprint density at radius 2 is 2.25 bits per heavy atom. The molecule has 0 spiro atoms. The second kappa shape index (κ2) is 6.37. The summed E-state index contributed by atoms with van der Waals surface area (Å²) in [6.45, 7) is 0.647. The number of nitrogens with one attached hydrogen (secondary N) is 1. The van der Waals surface area contributed by atoms with Crippen molar-refractivity contribution in [1.82, 2.24) is 5.32 Å². The standard InChI is InChI=1S/C16H17NOS2/c18-16(12-4-2-1-3-5-12)17-9-15-8-14(11-20-15)13-6-7-19-10-13/h1-2,6-8,10-12H,3-5,9H2,(H,17,18). The van der Waals surface area contributed by atoms with E-state index in [4.69, 9.17) is 0 Å². The lowest BCUT2D eigenvalue weighted by atomic mass is 9.94. The van der Waals surface area contributed by atoms with Crippen LogP contribution in [-0.2, 0) is 11.3 Å². The molecule has 4 heteroatoms. The fraction of sp³-hybridized carbons (Fsp3) is 0.312. The van der Waals surface area contributed by atoms with Gasteiger partial charge in [0.2, 0.25) is 5.91 Å². The maximum Gasteiger partial charge on any atom is 0.223 e.